The fourth-order valence-electron chi connectivity index (χ4n) is 3.08. The maximum absolute atomic E-state index is 2.38. The van der Waals surface area contributed by atoms with Crippen molar-refractivity contribution in [3.05, 3.63) is 59.2 Å². The number of hydrogen-bond donors (Lipinski definition) is 0. The molecule has 0 saturated heterocycles. The third kappa shape index (κ3) is 5.58. The van der Waals surface area contributed by atoms with Crippen molar-refractivity contribution in [3.8, 4) is 0 Å². The van der Waals surface area contributed by atoms with Crippen LogP contribution in [-0.4, -0.2) is 3.21 Å². The van der Waals surface area contributed by atoms with Crippen molar-refractivity contribution >= 4 is 19.6 Å². The molecular formula is C21H25Cl2Zr-. The zero-order valence-electron chi connectivity index (χ0n) is 14.9. The molecule has 128 valence electrons. The van der Waals surface area contributed by atoms with E-state index in [-0.39, 0.29) is 24.8 Å². The second kappa shape index (κ2) is 11.3. The summed E-state index contributed by atoms with van der Waals surface area (Å²) in [6.07, 6.45) is 10.0. The molecule has 0 heterocycles. The van der Waals surface area contributed by atoms with Crippen LogP contribution in [0.15, 0.2) is 42.5 Å². The van der Waals surface area contributed by atoms with Crippen LogP contribution in [0.2, 0.25) is 0 Å². The van der Waals surface area contributed by atoms with E-state index in [1.165, 1.54) is 36.2 Å². The maximum Gasteiger partial charge on any atom is -1.00 e. The van der Waals surface area contributed by atoms with E-state index < -0.39 is 0 Å². The van der Waals surface area contributed by atoms with E-state index >= 15 is 0 Å². The molecule has 0 spiro atoms. The summed E-state index contributed by atoms with van der Waals surface area (Å²) in [5, 5.41) is 2.92. The molecular weight excluding hydrogens is 414 g/mol. The molecule has 0 saturated carbocycles. The molecule has 3 rings (SSSR count). The first-order valence-corrected chi connectivity index (χ1v) is 9.39. The number of rotatable bonds is 3. The van der Waals surface area contributed by atoms with Gasteiger partial charge in [-0.1, -0.05) is 56.2 Å². The number of hydrogen-bond acceptors (Lipinski definition) is 0. The molecule has 2 aromatic rings. The normalized spacial score (nSPS) is 12.0. The molecule has 0 aromatic heterocycles. The van der Waals surface area contributed by atoms with Gasteiger partial charge in [-0.25, -0.2) is 0 Å². The molecule has 0 unspecified atom stereocenters. The van der Waals surface area contributed by atoms with E-state index in [1.54, 1.807) is 24.2 Å². The van der Waals surface area contributed by atoms with E-state index in [0.29, 0.717) is 0 Å². The van der Waals surface area contributed by atoms with Gasteiger partial charge in [0.25, 0.3) is 0 Å². The summed E-state index contributed by atoms with van der Waals surface area (Å²) < 4.78 is 1.51. The number of allylic oxidation sites excluding steroid dienone is 4. The zero-order valence-corrected chi connectivity index (χ0v) is 18.9. The predicted octanol–water partition coefficient (Wildman–Crippen LogP) is -0.220. The average molecular weight is 440 g/mol. The zero-order chi connectivity index (χ0) is 16.1. The van der Waals surface area contributed by atoms with Gasteiger partial charge in [-0.2, -0.15) is 0 Å². The molecule has 0 radical (unpaired) electrons. The minimum atomic E-state index is 0. The smallest absolute Gasteiger partial charge is 1.00 e. The molecule has 0 atom stereocenters. The van der Waals surface area contributed by atoms with Crippen LogP contribution in [0.1, 0.15) is 50.8 Å². The van der Waals surface area contributed by atoms with Crippen LogP contribution in [0, 0.1) is 0 Å². The number of halogens is 2. The molecule has 0 nitrogen and oxygen atoms in total. The van der Waals surface area contributed by atoms with Crippen LogP contribution >= 0.6 is 0 Å². The van der Waals surface area contributed by atoms with Gasteiger partial charge < -0.3 is 24.8 Å². The molecule has 2 aromatic carbocycles. The predicted molar refractivity (Wildman–Crippen MR) is 96.4 cm³/mol. The molecule has 0 fully saturated rings. The Morgan fingerprint density at radius 3 is 2.29 bits per heavy atom. The molecule has 1 aliphatic carbocycles. The Morgan fingerprint density at radius 1 is 1.12 bits per heavy atom. The Bertz CT molecular complexity index is 732. The Labute approximate surface area is 173 Å². The molecule has 0 aliphatic heterocycles. The first-order chi connectivity index (χ1) is 10.6. The first-order valence-electron chi connectivity index (χ1n) is 8.16. The second-order valence-electron chi connectivity index (χ2n) is 5.95. The third-order valence-electron chi connectivity index (χ3n) is 3.96. The molecule has 0 bridgehead atoms. The van der Waals surface area contributed by atoms with E-state index in [0.717, 1.165) is 19.3 Å². The molecule has 24 heavy (non-hydrogen) atoms. The fourth-order valence-corrected chi connectivity index (χ4v) is 3.08. The van der Waals surface area contributed by atoms with Gasteiger partial charge in [0.2, 0.25) is 0 Å². The Kier molecular flexibility index (Phi) is 11.1. The van der Waals surface area contributed by atoms with Crippen molar-refractivity contribution in [1.82, 2.24) is 0 Å². The Morgan fingerprint density at radius 2 is 1.79 bits per heavy atom. The molecule has 0 N–H and O–H groups in total. The van der Waals surface area contributed by atoms with Crippen LogP contribution in [0.25, 0.3) is 16.3 Å². The summed E-state index contributed by atoms with van der Waals surface area (Å²) >= 11 is 1.55. The van der Waals surface area contributed by atoms with E-state index in [1.807, 2.05) is 0 Å². The summed E-state index contributed by atoms with van der Waals surface area (Å²) in [7, 11) is 0. The summed E-state index contributed by atoms with van der Waals surface area (Å²) in [6, 6.07) is 9.09. The van der Waals surface area contributed by atoms with E-state index in [4.69, 9.17) is 0 Å². The van der Waals surface area contributed by atoms with Crippen molar-refractivity contribution in [2.45, 2.75) is 47.0 Å². The van der Waals surface area contributed by atoms with Gasteiger partial charge in [0, 0.05) is 0 Å². The van der Waals surface area contributed by atoms with Gasteiger partial charge in [-0.3, -0.25) is 0 Å². The van der Waals surface area contributed by atoms with Gasteiger partial charge >= 0.3 is 41.3 Å². The minimum absolute atomic E-state index is 0. The monoisotopic (exact) mass is 437 g/mol. The summed E-state index contributed by atoms with van der Waals surface area (Å²) in [5.74, 6) is 0. The minimum Gasteiger partial charge on any atom is -1.00 e. The SMILES string of the molecule is CCc1cccc2[cH-]c(C3=CC=CC3)c(CC)c12.C[C](C)=[Zr+2].[Cl-].[Cl-]. The van der Waals surface area contributed by atoms with Crippen LogP contribution in [0.4, 0.5) is 0 Å². The van der Waals surface area contributed by atoms with Crippen molar-refractivity contribution in [2.24, 2.45) is 0 Å². The van der Waals surface area contributed by atoms with Crippen LogP contribution < -0.4 is 24.8 Å². The number of aryl methyl sites for hydroxylation is 2. The largest absolute Gasteiger partial charge is 1.00 e. The summed E-state index contributed by atoms with van der Waals surface area (Å²) in [4.78, 5) is 0. The van der Waals surface area contributed by atoms with Gasteiger partial charge in [0.05, 0.1) is 0 Å². The van der Waals surface area contributed by atoms with Gasteiger partial charge in [-0.05, 0) is 12.8 Å². The average Bonchev–Trinajstić information content (AvgIpc) is 3.12. The van der Waals surface area contributed by atoms with Crippen LogP contribution in [-0.2, 0) is 37.1 Å². The number of benzene rings is 1. The van der Waals surface area contributed by atoms with E-state index in [9.17, 15) is 0 Å². The second-order valence-corrected chi connectivity index (χ2v) is 8.41. The molecule has 0 amide bonds. The summed E-state index contributed by atoms with van der Waals surface area (Å²) in [5.41, 5.74) is 5.98. The van der Waals surface area contributed by atoms with Gasteiger partial charge in [0.1, 0.15) is 0 Å². The van der Waals surface area contributed by atoms with Gasteiger partial charge in [-0.15, -0.1) is 39.6 Å². The third-order valence-corrected chi connectivity index (χ3v) is 3.96. The van der Waals surface area contributed by atoms with Crippen molar-refractivity contribution < 1.29 is 49.0 Å². The topological polar surface area (TPSA) is 0 Å². The Hall–Kier alpha value is -0.357. The van der Waals surface area contributed by atoms with Crippen molar-refractivity contribution in [1.29, 1.82) is 0 Å². The van der Waals surface area contributed by atoms with E-state index in [2.05, 4.69) is 70.2 Å². The number of fused-ring (bicyclic) bond motifs is 1. The maximum atomic E-state index is 2.38. The Balaban J connectivity index is 0.000000801. The first kappa shape index (κ1) is 23.6. The van der Waals surface area contributed by atoms with Crippen molar-refractivity contribution in [2.75, 3.05) is 0 Å². The fraction of sp³-hybridized carbons (Fsp3) is 0.333. The summed E-state index contributed by atoms with van der Waals surface area (Å²) in [6.45, 7) is 8.77. The van der Waals surface area contributed by atoms with Crippen LogP contribution in [0.5, 0.6) is 0 Å². The molecule has 3 heteroatoms. The van der Waals surface area contributed by atoms with Crippen molar-refractivity contribution in [3.63, 3.8) is 0 Å². The molecule has 1 aliphatic rings. The van der Waals surface area contributed by atoms with Gasteiger partial charge in [0.15, 0.2) is 0 Å². The standard InChI is InChI=1S/C18H19.C3H6.2ClH.Zr/c1-3-13-10-7-11-15-12-17(14-8-5-6-9-14)16(4-2)18(13)15;1-3-2;;;/h5-8,10-12H,3-4,9H2,1-2H3;1-2H3;2*1H;/q-1;;;;+2/p-2. The quantitative estimate of drug-likeness (QED) is 0.581. The van der Waals surface area contributed by atoms with Crippen LogP contribution in [0.3, 0.4) is 0 Å².